The number of aryl methyl sites for hydroxylation is 1. The van der Waals surface area contributed by atoms with Gasteiger partial charge in [0.05, 0.1) is 24.4 Å². The van der Waals surface area contributed by atoms with Crippen LogP contribution in [0.4, 0.5) is 0 Å². The van der Waals surface area contributed by atoms with E-state index in [2.05, 4.69) is 15.3 Å². The highest BCUT2D eigenvalue weighted by Crippen LogP contribution is 2.42. The molecule has 0 radical (unpaired) electrons. The Bertz CT molecular complexity index is 594. The lowest BCUT2D eigenvalue weighted by Gasteiger charge is -2.41. The maximum atomic E-state index is 12.5. The molecule has 0 aromatic carbocycles. The molecule has 2 aliphatic heterocycles. The summed E-state index contributed by atoms with van der Waals surface area (Å²) in [7, 11) is 1.62. The van der Waals surface area contributed by atoms with Crippen LogP contribution < -0.4 is 5.32 Å². The molecule has 1 spiro atoms. The van der Waals surface area contributed by atoms with Crippen molar-refractivity contribution in [3.05, 3.63) is 23.8 Å². The number of carbonyl (C=O) groups excluding carboxylic acids is 2. The average molecular weight is 318 g/mol. The van der Waals surface area contributed by atoms with Crippen LogP contribution in [0.25, 0.3) is 0 Å². The molecule has 3 heterocycles. The molecule has 2 saturated heterocycles. The summed E-state index contributed by atoms with van der Waals surface area (Å²) in [6.45, 7) is 4.20. The van der Waals surface area contributed by atoms with E-state index in [1.165, 1.54) is 6.20 Å². The van der Waals surface area contributed by atoms with Gasteiger partial charge in [0, 0.05) is 38.4 Å². The van der Waals surface area contributed by atoms with Crippen LogP contribution >= 0.6 is 0 Å². The normalized spacial score (nSPS) is 23.1. The van der Waals surface area contributed by atoms with Crippen LogP contribution in [-0.4, -0.2) is 60.0 Å². The Morgan fingerprint density at radius 1 is 1.39 bits per heavy atom. The van der Waals surface area contributed by atoms with Crippen molar-refractivity contribution in [2.45, 2.75) is 19.8 Å². The largest absolute Gasteiger partial charge is 0.384 e. The Morgan fingerprint density at radius 2 is 2.13 bits per heavy atom. The topological polar surface area (TPSA) is 84.4 Å². The van der Waals surface area contributed by atoms with E-state index in [-0.39, 0.29) is 23.1 Å². The summed E-state index contributed by atoms with van der Waals surface area (Å²) in [5.74, 6) is -0.145. The number of hydrogen-bond acceptors (Lipinski definition) is 5. The highest BCUT2D eigenvalue weighted by molar-refractivity contribution is 5.92. The highest BCUT2D eigenvalue weighted by atomic mass is 16.5. The number of aromatic nitrogens is 2. The number of nitrogens with zero attached hydrogens (tertiary/aromatic N) is 3. The molecule has 0 bridgehead atoms. The van der Waals surface area contributed by atoms with Crippen molar-refractivity contribution in [3.63, 3.8) is 0 Å². The first-order valence-corrected chi connectivity index (χ1v) is 7.90. The Hall–Kier alpha value is -2.02. The van der Waals surface area contributed by atoms with Gasteiger partial charge in [0.2, 0.25) is 5.91 Å². The van der Waals surface area contributed by atoms with Gasteiger partial charge in [0.15, 0.2) is 0 Å². The molecule has 0 saturated carbocycles. The first-order valence-electron chi connectivity index (χ1n) is 7.90. The van der Waals surface area contributed by atoms with E-state index in [0.717, 1.165) is 18.5 Å². The lowest BCUT2D eigenvalue weighted by atomic mass is 9.71. The number of amides is 2. The van der Waals surface area contributed by atoms with Crippen molar-refractivity contribution in [2.24, 2.45) is 11.3 Å². The second kappa shape index (κ2) is 6.23. The molecule has 3 rings (SSSR count). The highest BCUT2D eigenvalue weighted by Gasteiger charge is 2.50. The summed E-state index contributed by atoms with van der Waals surface area (Å²) in [5.41, 5.74) is 1.07. The van der Waals surface area contributed by atoms with Crippen LogP contribution in [0, 0.1) is 18.3 Å². The second-order valence-electron chi connectivity index (χ2n) is 6.42. The number of carbonyl (C=O) groups is 2. The molecule has 1 atom stereocenters. The molecule has 2 aliphatic rings. The van der Waals surface area contributed by atoms with Crippen LogP contribution in [0.1, 0.15) is 29.0 Å². The Morgan fingerprint density at radius 3 is 2.74 bits per heavy atom. The third-order valence-corrected chi connectivity index (χ3v) is 5.05. The quantitative estimate of drug-likeness (QED) is 0.872. The fraction of sp³-hybridized carbons (Fsp3) is 0.625. The van der Waals surface area contributed by atoms with E-state index in [1.54, 1.807) is 18.2 Å². The molecule has 7 nitrogen and oxygen atoms in total. The predicted octanol–water partition coefficient (Wildman–Crippen LogP) is 0.400. The van der Waals surface area contributed by atoms with E-state index < -0.39 is 0 Å². The van der Waals surface area contributed by atoms with Crippen LogP contribution in [0.3, 0.4) is 0 Å². The summed E-state index contributed by atoms with van der Waals surface area (Å²) in [6, 6.07) is 0. The zero-order chi connectivity index (χ0) is 16.4. The van der Waals surface area contributed by atoms with Gasteiger partial charge in [-0.05, 0) is 19.8 Å². The molecule has 0 unspecified atom stereocenters. The second-order valence-corrected chi connectivity index (χ2v) is 6.42. The van der Waals surface area contributed by atoms with E-state index >= 15 is 0 Å². The Balaban J connectivity index is 1.67. The summed E-state index contributed by atoms with van der Waals surface area (Å²) >= 11 is 0. The van der Waals surface area contributed by atoms with Crippen molar-refractivity contribution < 1.29 is 14.3 Å². The lowest BCUT2D eigenvalue weighted by molar-refractivity contribution is -0.126. The van der Waals surface area contributed by atoms with Gasteiger partial charge < -0.3 is 15.0 Å². The summed E-state index contributed by atoms with van der Waals surface area (Å²) in [4.78, 5) is 34.6. The molecule has 2 fully saturated rings. The van der Waals surface area contributed by atoms with Crippen molar-refractivity contribution in [3.8, 4) is 0 Å². The third kappa shape index (κ3) is 2.93. The zero-order valence-electron chi connectivity index (χ0n) is 13.5. The first kappa shape index (κ1) is 15.9. The van der Waals surface area contributed by atoms with Gasteiger partial charge in [-0.25, -0.2) is 4.98 Å². The molecular weight excluding hydrogens is 296 g/mol. The van der Waals surface area contributed by atoms with E-state index in [0.29, 0.717) is 31.9 Å². The van der Waals surface area contributed by atoms with Gasteiger partial charge in [-0.2, -0.15) is 0 Å². The van der Waals surface area contributed by atoms with Gasteiger partial charge in [-0.1, -0.05) is 0 Å². The number of methoxy groups -OCH3 is 1. The third-order valence-electron chi connectivity index (χ3n) is 5.05. The summed E-state index contributed by atoms with van der Waals surface area (Å²) < 4.78 is 5.22. The average Bonchev–Trinajstić information content (AvgIpc) is 2.86. The van der Waals surface area contributed by atoms with E-state index in [9.17, 15) is 9.59 Å². The Kier molecular flexibility index (Phi) is 4.30. The monoisotopic (exact) mass is 318 g/mol. The molecule has 23 heavy (non-hydrogen) atoms. The van der Waals surface area contributed by atoms with Crippen LogP contribution in [-0.2, 0) is 9.53 Å². The van der Waals surface area contributed by atoms with Gasteiger partial charge in [-0.3, -0.25) is 14.6 Å². The fourth-order valence-electron chi connectivity index (χ4n) is 3.55. The number of hydrogen-bond donors (Lipinski definition) is 1. The number of piperidine rings is 1. The van der Waals surface area contributed by atoms with Gasteiger partial charge in [0.1, 0.15) is 5.69 Å². The van der Waals surface area contributed by atoms with Crippen LogP contribution in [0.5, 0.6) is 0 Å². The molecule has 124 valence electrons. The predicted molar refractivity (Wildman–Crippen MR) is 82.7 cm³/mol. The molecule has 1 N–H and O–H groups in total. The van der Waals surface area contributed by atoms with Gasteiger partial charge in [-0.15, -0.1) is 0 Å². The maximum Gasteiger partial charge on any atom is 0.274 e. The van der Waals surface area contributed by atoms with Gasteiger partial charge >= 0.3 is 0 Å². The number of nitrogens with one attached hydrogen (secondary N) is 1. The number of rotatable bonds is 3. The van der Waals surface area contributed by atoms with Crippen LogP contribution in [0.15, 0.2) is 12.4 Å². The fourth-order valence-corrected chi connectivity index (χ4v) is 3.55. The first-order chi connectivity index (χ1) is 11.1. The minimum absolute atomic E-state index is 0.0658. The van der Waals surface area contributed by atoms with Crippen LogP contribution in [0.2, 0.25) is 0 Å². The zero-order valence-corrected chi connectivity index (χ0v) is 13.5. The standard InChI is InChI=1S/C16H22N4O3/c1-11-7-18-13(8-17-11)15(22)20-5-3-16(4-6-20)10-19-14(21)12(16)9-23-2/h7-8,12H,3-6,9-10H2,1-2H3,(H,19,21)/t12-/m1/s1. The van der Waals surface area contributed by atoms with Crippen molar-refractivity contribution in [1.82, 2.24) is 20.2 Å². The van der Waals surface area contributed by atoms with Crippen molar-refractivity contribution in [2.75, 3.05) is 33.4 Å². The van der Waals surface area contributed by atoms with Crippen molar-refractivity contribution >= 4 is 11.8 Å². The lowest BCUT2D eigenvalue weighted by Crippen LogP contribution is -2.47. The van der Waals surface area contributed by atoms with Gasteiger partial charge in [0.25, 0.3) is 5.91 Å². The van der Waals surface area contributed by atoms with E-state index in [1.807, 2.05) is 6.92 Å². The number of likely N-dealkylation sites (tertiary alicyclic amines) is 1. The van der Waals surface area contributed by atoms with Crippen molar-refractivity contribution in [1.29, 1.82) is 0 Å². The smallest absolute Gasteiger partial charge is 0.274 e. The minimum atomic E-state index is -0.121. The molecular formula is C16H22N4O3. The Labute approximate surface area is 135 Å². The molecule has 1 aromatic rings. The molecule has 2 amide bonds. The SMILES string of the molecule is COC[C@@H]1C(=O)NCC12CCN(C(=O)c1cnc(C)cn1)CC2. The minimum Gasteiger partial charge on any atom is -0.384 e. The maximum absolute atomic E-state index is 12.5. The summed E-state index contributed by atoms with van der Waals surface area (Å²) in [6.07, 6.45) is 4.72. The molecule has 7 heteroatoms. The summed E-state index contributed by atoms with van der Waals surface area (Å²) in [5, 5.41) is 2.95. The number of ether oxygens (including phenoxy) is 1. The molecule has 1 aromatic heterocycles. The van der Waals surface area contributed by atoms with E-state index in [4.69, 9.17) is 4.74 Å². The molecule has 0 aliphatic carbocycles.